The van der Waals surface area contributed by atoms with Gasteiger partial charge in [-0.05, 0) is 118 Å². The summed E-state index contributed by atoms with van der Waals surface area (Å²) in [5.41, 5.74) is -9.91. The number of carboxylic acid groups (broad SMARTS) is 4. The van der Waals surface area contributed by atoms with Crippen molar-refractivity contribution in [1.29, 1.82) is 0 Å². The number of rotatable bonds is 33. The van der Waals surface area contributed by atoms with E-state index in [1.807, 2.05) is 27.7 Å². The Labute approximate surface area is 378 Å². The summed E-state index contributed by atoms with van der Waals surface area (Å²) in [5.74, 6) is -9.05. The number of carboxylic acids is 4. The van der Waals surface area contributed by atoms with Crippen LogP contribution in [0.5, 0.6) is 0 Å². The summed E-state index contributed by atoms with van der Waals surface area (Å²) < 4.78 is 0. The van der Waals surface area contributed by atoms with Gasteiger partial charge in [-0.25, -0.2) is 0 Å². The number of hydrogen-bond acceptors (Lipinski definition) is 6. The quantitative estimate of drug-likeness (QED) is 0.0275. The van der Waals surface area contributed by atoms with Gasteiger partial charge in [-0.15, -0.1) is 0 Å². The van der Waals surface area contributed by atoms with Crippen LogP contribution in [0.15, 0.2) is 0 Å². The Morgan fingerprint density at radius 3 is 0.984 bits per heavy atom. The smallest absolute Gasteiger partial charge is 0.334 e. The van der Waals surface area contributed by atoms with Crippen molar-refractivity contribution < 1.29 is 39.6 Å². The molecular formula is C52H96N2O8. The molecule has 0 saturated carbocycles. The third-order valence-corrected chi connectivity index (χ3v) is 15.0. The second-order valence-electron chi connectivity index (χ2n) is 23.0. The molecule has 0 aromatic rings. The highest BCUT2D eigenvalue weighted by Crippen LogP contribution is 2.67. The van der Waals surface area contributed by atoms with Gasteiger partial charge >= 0.3 is 23.9 Å². The lowest BCUT2D eigenvalue weighted by atomic mass is 9.39. The third kappa shape index (κ3) is 15.2. The van der Waals surface area contributed by atoms with E-state index in [1.165, 1.54) is 77.0 Å². The van der Waals surface area contributed by atoms with Crippen molar-refractivity contribution in [2.75, 3.05) is 0 Å². The van der Waals surface area contributed by atoms with Crippen molar-refractivity contribution in [3.8, 4) is 0 Å². The summed E-state index contributed by atoms with van der Waals surface area (Å²) in [6, 6.07) is 0. The normalized spacial score (nSPS) is 20.1. The standard InChI is InChI=1S/C52H96N2O8/c1-11-13-15-17-19-21-23-25-27-29-31-33-50(37-40-35-46(3,4)53-47(5,6)36-40,34-32-30-28-26-24-22-20-18-16-14-12-2)52(45(61)62,51(42(55)56,43(57)58)44(59)60)41-38-48(7,8)54-49(9,10)39-41/h40-41,53-54H,11-39H2,1-10H3,(H,55,56)(H,57,58)(H,59,60)(H,61,62). The lowest BCUT2D eigenvalue weighted by molar-refractivity contribution is -0.226. The predicted molar refractivity (Wildman–Crippen MR) is 253 cm³/mol. The van der Waals surface area contributed by atoms with E-state index in [1.54, 1.807) is 0 Å². The number of unbranched alkanes of at least 4 members (excludes halogenated alkanes) is 20. The molecule has 0 aromatic carbocycles. The Balaban J connectivity index is 2.84. The van der Waals surface area contributed by atoms with Crippen LogP contribution >= 0.6 is 0 Å². The topological polar surface area (TPSA) is 173 Å². The molecule has 2 saturated heterocycles. The molecule has 2 fully saturated rings. The molecule has 362 valence electrons. The molecule has 10 heteroatoms. The second-order valence-corrected chi connectivity index (χ2v) is 23.0. The minimum atomic E-state index is -3.64. The summed E-state index contributed by atoms with van der Waals surface area (Å²) in [6.45, 7) is 20.7. The zero-order valence-corrected chi connectivity index (χ0v) is 41.6. The molecule has 2 rings (SSSR count). The molecule has 2 aliphatic heterocycles. The summed E-state index contributed by atoms with van der Waals surface area (Å²) in [4.78, 5) is 57.1. The summed E-state index contributed by atoms with van der Waals surface area (Å²) in [5, 5.41) is 53.6. The van der Waals surface area contributed by atoms with E-state index in [2.05, 4.69) is 52.2 Å². The highest BCUT2D eigenvalue weighted by molar-refractivity contribution is 6.20. The van der Waals surface area contributed by atoms with Crippen LogP contribution in [-0.2, 0) is 19.2 Å². The van der Waals surface area contributed by atoms with Gasteiger partial charge in [0.25, 0.3) is 5.41 Å². The summed E-state index contributed by atoms with van der Waals surface area (Å²) in [6.07, 6.45) is 26.1. The average Bonchev–Trinajstić information content (AvgIpc) is 3.11. The molecule has 0 spiro atoms. The molecule has 1 atom stereocenters. The molecule has 0 aromatic heterocycles. The van der Waals surface area contributed by atoms with Crippen LogP contribution in [0.1, 0.15) is 255 Å². The van der Waals surface area contributed by atoms with Gasteiger partial charge in [0.1, 0.15) is 5.41 Å². The van der Waals surface area contributed by atoms with Gasteiger partial charge in [0, 0.05) is 22.2 Å². The largest absolute Gasteiger partial charge is 0.481 e. The van der Waals surface area contributed by atoms with E-state index in [4.69, 9.17) is 0 Å². The number of carbonyl (C=O) groups is 4. The number of aliphatic carboxylic acids is 4. The van der Waals surface area contributed by atoms with Crippen LogP contribution < -0.4 is 10.6 Å². The number of hydrogen-bond donors (Lipinski definition) is 6. The molecule has 1 unspecified atom stereocenters. The molecular weight excluding hydrogens is 781 g/mol. The maximum atomic E-state index is 15.0. The van der Waals surface area contributed by atoms with Gasteiger partial charge in [0.05, 0.1) is 0 Å². The van der Waals surface area contributed by atoms with Gasteiger partial charge in [-0.3, -0.25) is 19.2 Å². The molecule has 62 heavy (non-hydrogen) atoms. The van der Waals surface area contributed by atoms with Crippen molar-refractivity contribution in [3.05, 3.63) is 0 Å². The van der Waals surface area contributed by atoms with E-state index in [9.17, 15) is 34.8 Å². The Morgan fingerprint density at radius 2 is 0.710 bits per heavy atom. The fourth-order valence-electron chi connectivity index (χ4n) is 13.5. The highest BCUT2D eigenvalue weighted by Gasteiger charge is 2.81. The van der Waals surface area contributed by atoms with Crippen LogP contribution in [0.4, 0.5) is 0 Å². The molecule has 2 heterocycles. The first-order valence-electron chi connectivity index (χ1n) is 25.4. The fraction of sp³-hybridized carbons (Fsp3) is 0.923. The molecule has 10 nitrogen and oxygen atoms in total. The first-order chi connectivity index (χ1) is 28.9. The van der Waals surface area contributed by atoms with Gasteiger partial charge < -0.3 is 31.1 Å². The Kier molecular flexibility index (Phi) is 22.5. The third-order valence-electron chi connectivity index (χ3n) is 15.0. The summed E-state index contributed by atoms with van der Waals surface area (Å²) >= 11 is 0. The minimum Gasteiger partial charge on any atom is -0.481 e. The zero-order valence-electron chi connectivity index (χ0n) is 41.6. The fourth-order valence-corrected chi connectivity index (χ4v) is 13.5. The predicted octanol–water partition coefficient (Wildman–Crippen LogP) is 13.2. The van der Waals surface area contributed by atoms with Gasteiger partial charge in [0.2, 0.25) is 0 Å². The van der Waals surface area contributed by atoms with Crippen molar-refractivity contribution in [2.24, 2.45) is 28.1 Å². The van der Waals surface area contributed by atoms with Crippen LogP contribution in [0.25, 0.3) is 0 Å². The Hall–Kier alpha value is -2.20. The van der Waals surface area contributed by atoms with Crippen LogP contribution in [0.2, 0.25) is 0 Å². The molecule has 2 aliphatic rings. The Morgan fingerprint density at radius 1 is 0.435 bits per heavy atom. The highest BCUT2D eigenvalue weighted by atomic mass is 16.4. The molecule has 0 aliphatic carbocycles. The van der Waals surface area contributed by atoms with Crippen LogP contribution in [0.3, 0.4) is 0 Å². The first-order valence-corrected chi connectivity index (χ1v) is 25.4. The molecule has 0 amide bonds. The van der Waals surface area contributed by atoms with Crippen molar-refractivity contribution in [1.82, 2.24) is 10.6 Å². The van der Waals surface area contributed by atoms with E-state index < -0.39 is 57.1 Å². The van der Waals surface area contributed by atoms with Crippen molar-refractivity contribution in [2.45, 2.75) is 278 Å². The lowest BCUT2D eigenvalue weighted by Crippen LogP contribution is -2.74. The van der Waals surface area contributed by atoms with Crippen LogP contribution in [0, 0.1) is 28.1 Å². The molecule has 0 bridgehead atoms. The van der Waals surface area contributed by atoms with Crippen LogP contribution in [-0.4, -0.2) is 66.5 Å². The Bertz CT molecular complexity index is 1290. The number of nitrogens with one attached hydrogen (secondary N) is 2. The summed E-state index contributed by atoms with van der Waals surface area (Å²) in [7, 11) is 0. The van der Waals surface area contributed by atoms with E-state index in [0.29, 0.717) is 25.7 Å². The number of piperidine rings is 2. The molecule has 0 radical (unpaired) electrons. The zero-order chi connectivity index (χ0) is 46.9. The van der Waals surface area contributed by atoms with Gasteiger partial charge in [-0.2, -0.15) is 0 Å². The second kappa shape index (κ2) is 24.9. The maximum absolute atomic E-state index is 15.0. The van der Waals surface area contributed by atoms with E-state index >= 15 is 4.79 Å². The van der Waals surface area contributed by atoms with Crippen molar-refractivity contribution >= 4 is 23.9 Å². The monoisotopic (exact) mass is 877 g/mol. The van der Waals surface area contributed by atoms with Gasteiger partial charge in [-0.1, -0.05) is 155 Å². The minimum absolute atomic E-state index is 0.0998. The lowest BCUT2D eigenvalue weighted by Gasteiger charge is -2.62. The van der Waals surface area contributed by atoms with E-state index in [0.717, 1.165) is 51.4 Å². The maximum Gasteiger partial charge on any atom is 0.334 e. The van der Waals surface area contributed by atoms with E-state index in [-0.39, 0.29) is 49.1 Å². The average molecular weight is 877 g/mol. The molecule has 6 N–H and O–H groups in total. The first kappa shape index (κ1) is 55.9. The van der Waals surface area contributed by atoms with Gasteiger partial charge in [0.15, 0.2) is 0 Å². The van der Waals surface area contributed by atoms with Crippen molar-refractivity contribution in [3.63, 3.8) is 0 Å². The SMILES string of the molecule is CCCCCCCCCCCCCC(CCCCCCCCCCCCC)(CC1CC(C)(C)NC(C)(C)C1)C(C(=O)O)(C1CC(C)(C)NC(C)(C)C1)C(C(=O)O)(C(=O)O)C(=O)O.